The summed E-state index contributed by atoms with van der Waals surface area (Å²) in [6, 6.07) is 6.61. The fraction of sp³-hybridized carbons (Fsp3) is 0.200. The van der Waals surface area contributed by atoms with Crippen LogP contribution in [-0.4, -0.2) is 26.0 Å². The molecule has 15 heavy (non-hydrogen) atoms. The van der Waals surface area contributed by atoms with Gasteiger partial charge in [-0.15, -0.1) is 0 Å². The van der Waals surface area contributed by atoms with E-state index in [0.717, 1.165) is 0 Å². The largest absolute Gasteiger partial charge is 0.497 e. The van der Waals surface area contributed by atoms with Crippen LogP contribution < -0.4 is 14.8 Å². The summed E-state index contributed by atoms with van der Waals surface area (Å²) < 4.78 is 9.82. The molecule has 0 bridgehead atoms. The first kappa shape index (κ1) is 11.0. The third-order valence-electron chi connectivity index (χ3n) is 1.58. The molecule has 1 aromatic carbocycles. The number of hydrogen-bond acceptors (Lipinski definition) is 4. The van der Waals surface area contributed by atoms with E-state index < -0.39 is 6.09 Å². The van der Waals surface area contributed by atoms with Gasteiger partial charge in [-0.05, 0) is 12.1 Å². The zero-order chi connectivity index (χ0) is 11.1. The standard InChI is InChI=1S/C10H11NO4/c1-14-8-3-2-4-9(7-8)15-10(13)11-5-6-12/h2-4,6-7H,5H2,1H3,(H,11,13). The van der Waals surface area contributed by atoms with Gasteiger partial charge in [0.25, 0.3) is 0 Å². The monoisotopic (exact) mass is 209 g/mol. The number of ether oxygens (including phenoxy) is 2. The Bertz CT molecular complexity index is 351. The summed E-state index contributed by atoms with van der Waals surface area (Å²) in [5.74, 6) is 0.952. The molecule has 0 aromatic heterocycles. The lowest BCUT2D eigenvalue weighted by molar-refractivity contribution is -0.107. The van der Waals surface area contributed by atoms with Crippen LogP contribution >= 0.6 is 0 Å². The van der Waals surface area contributed by atoms with Crippen molar-refractivity contribution in [1.82, 2.24) is 5.32 Å². The van der Waals surface area contributed by atoms with E-state index in [4.69, 9.17) is 9.47 Å². The SMILES string of the molecule is COc1cccc(OC(=O)NCC=O)c1. The van der Waals surface area contributed by atoms with E-state index >= 15 is 0 Å². The molecule has 0 unspecified atom stereocenters. The quantitative estimate of drug-likeness (QED) is 0.751. The van der Waals surface area contributed by atoms with Crippen molar-refractivity contribution in [3.8, 4) is 11.5 Å². The maximum Gasteiger partial charge on any atom is 0.412 e. The fourth-order valence-electron chi connectivity index (χ4n) is 0.933. The van der Waals surface area contributed by atoms with Gasteiger partial charge in [0.1, 0.15) is 17.8 Å². The zero-order valence-corrected chi connectivity index (χ0v) is 8.23. The summed E-state index contributed by atoms with van der Waals surface area (Å²) in [6.07, 6.45) is -0.0947. The number of aldehydes is 1. The summed E-state index contributed by atoms with van der Waals surface area (Å²) in [4.78, 5) is 21.0. The van der Waals surface area contributed by atoms with E-state index in [0.29, 0.717) is 17.8 Å². The van der Waals surface area contributed by atoms with Gasteiger partial charge in [-0.1, -0.05) is 6.07 Å². The Hall–Kier alpha value is -2.04. The molecule has 0 aliphatic rings. The number of methoxy groups -OCH3 is 1. The number of carbonyl (C=O) groups excluding carboxylic acids is 2. The van der Waals surface area contributed by atoms with Gasteiger partial charge in [0.2, 0.25) is 0 Å². The summed E-state index contributed by atoms with van der Waals surface area (Å²) in [7, 11) is 1.52. The van der Waals surface area contributed by atoms with Gasteiger partial charge >= 0.3 is 6.09 Å². The van der Waals surface area contributed by atoms with Gasteiger partial charge < -0.3 is 19.6 Å². The molecule has 1 aromatic rings. The van der Waals surface area contributed by atoms with Gasteiger partial charge in [-0.2, -0.15) is 0 Å². The van der Waals surface area contributed by atoms with Crippen molar-refractivity contribution in [1.29, 1.82) is 0 Å². The van der Waals surface area contributed by atoms with Crippen LogP contribution in [0.15, 0.2) is 24.3 Å². The fourth-order valence-corrected chi connectivity index (χ4v) is 0.933. The van der Waals surface area contributed by atoms with Gasteiger partial charge in [-0.3, -0.25) is 0 Å². The molecule has 0 spiro atoms. The van der Waals surface area contributed by atoms with Crippen LogP contribution in [0.25, 0.3) is 0 Å². The summed E-state index contributed by atoms with van der Waals surface area (Å²) in [6.45, 7) is -0.0667. The zero-order valence-electron chi connectivity index (χ0n) is 8.23. The minimum Gasteiger partial charge on any atom is -0.497 e. The van der Waals surface area contributed by atoms with Crippen LogP contribution in [0.1, 0.15) is 0 Å². The van der Waals surface area contributed by atoms with Crippen LogP contribution in [0.2, 0.25) is 0 Å². The van der Waals surface area contributed by atoms with Crippen molar-refractivity contribution in [2.45, 2.75) is 0 Å². The Kier molecular flexibility index (Phi) is 4.15. The van der Waals surface area contributed by atoms with E-state index in [2.05, 4.69) is 5.32 Å². The summed E-state index contributed by atoms with van der Waals surface area (Å²) in [5, 5.41) is 2.25. The van der Waals surface area contributed by atoms with Crippen LogP contribution in [0.4, 0.5) is 4.79 Å². The second-order valence-corrected chi connectivity index (χ2v) is 2.62. The predicted molar refractivity (Wildman–Crippen MR) is 53.1 cm³/mol. The lowest BCUT2D eigenvalue weighted by Crippen LogP contribution is -2.28. The first-order valence-corrected chi connectivity index (χ1v) is 4.29. The Balaban J connectivity index is 2.55. The molecule has 1 amide bonds. The van der Waals surface area contributed by atoms with Gasteiger partial charge in [-0.25, -0.2) is 4.79 Å². The Morgan fingerprint density at radius 1 is 1.47 bits per heavy atom. The van der Waals surface area contributed by atoms with E-state index in [1.54, 1.807) is 24.3 Å². The minimum absolute atomic E-state index is 0.0667. The lowest BCUT2D eigenvalue weighted by atomic mass is 10.3. The van der Waals surface area contributed by atoms with E-state index in [9.17, 15) is 9.59 Å². The Morgan fingerprint density at radius 3 is 2.87 bits per heavy atom. The van der Waals surface area contributed by atoms with Crippen LogP contribution in [-0.2, 0) is 4.79 Å². The van der Waals surface area contributed by atoms with E-state index in [1.165, 1.54) is 7.11 Å². The molecule has 0 saturated carbocycles. The second-order valence-electron chi connectivity index (χ2n) is 2.62. The molecule has 5 nitrogen and oxygen atoms in total. The van der Waals surface area contributed by atoms with Gasteiger partial charge in [0.15, 0.2) is 0 Å². The normalized spacial score (nSPS) is 9.13. The molecule has 1 rings (SSSR count). The highest BCUT2D eigenvalue weighted by Crippen LogP contribution is 2.18. The third kappa shape index (κ3) is 3.68. The first-order valence-electron chi connectivity index (χ1n) is 4.29. The Morgan fingerprint density at radius 2 is 2.20 bits per heavy atom. The molecule has 1 N–H and O–H groups in total. The number of carbonyl (C=O) groups is 2. The maximum absolute atomic E-state index is 11.0. The molecule has 80 valence electrons. The van der Waals surface area contributed by atoms with Crippen LogP contribution in [0.5, 0.6) is 11.5 Å². The minimum atomic E-state index is -0.671. The predicted octanol–water partition coefficient (Wildman–Crippen LogP) is 0.982. The highest BCUT2D eigenvalue weighted by Gasteiger charge is 2.03. The van der Waals surface area contributed by atoms with Crippen molar-refractivity contribution in [2.75, 3.05) is 13.7 Å². The van der Waals surface area contributed by atoms with Crippen molar-refractivity contribution in [3.63, 3.8) is 0 Å². The Labute approximate surface area is 87.0 Å². The molecule has 0 fully saturated rings. The number of nitrogens with one attached hydrogen (secondary N) is 1. The average molecular weight is 209 g/mol. The van der Waals surface area contributed by atoms with Crippen molar-refractivity contribution >= 4 is 12.4 Å². The summed E-state index contributed by atoms with van der Waals surface area (Å²) >= 11 is 0. The molecule has 5 heteroatoms. The number of hydrogen-bond donors (Lipinski definition) is 1. The smallest absolute Gasteiger partial charge is 0.412 e. The van der Waals surface area contributed by atoms with Crippen molar-refractivity contribution < 1.29 is 19.1 Å². The molecule has 0 heterocycles. The topological polar surface area (TPSA) is 64.6 Å². The maximum atomic E-state index is 11.0. The third-order valence-corrected chi connectivity index (χ3v) is 1.58. The van der Waals surface area contributed by atoms with E-state index in [-0.39, 0.29) is 6.54 Å². The molecule has 0 saturated heterocycles. The summed E-state index contributed by atoms with van der Waals surface area (Å²) in [5.41, 5.74) is 0. The van der Waals surface area contributed by atoms with E-state index in [1.807, 2.05) is 0 Å². The number of amides is 1. The van der Waals surface area contributed by atoms with Crippen LogP contribution in [0, 0.1) is 0 Å². The molecule has 0 aliphatic carbocycles. The van der Waals surface area contributed by atoms with Crippen LogP contribution in [0.3, 0.4) is 0 Å². The van der Waals surface area contributed by atoms with Gasteiger partial charge in [0, 0.05) is 6.07 Å². The average Bonchev–Trinajstić information content (AvgIpc) is 2.26. The molecule has 0 radical (unpaired) electrons. The molecule has 0 atom stereocenters. The van der Waals surface area contributed by atoms with Crippen molar-refractivity contribution in [2.24, 2.45) is 0 Å². The lowest BCUT2D eigenvalue weighted by Gasteiger charge is -2.05. The number of benzene rings is 1. The first-order chi connectivity index (χ1) is 7.26. The highest BCUT2D eigenvalue weighted by molar-refractivity contribution is 5.73. The molecular weight excluding hydrogens is 198 g/mol. The molecule has 0 aliphatic heterocycles. The highest BCUT2D eigenvalue weighted by atomic mass is 16.6. The molecular formula is C10H11NO4. The number of rotatable bonds is 4. The van der Waals surface area contributed by atoms with Crippen molar-refractivity contribution in [3.05, 3.63) is 24.3 Å². The van der Waals surface area contributed by atoms with Gasteiger partial charge in [0.05, 0.1) is 13.7 Å². The second kappa shape index (κ2) is 5.64.